The second-order valence-electron chi connectivity index (χ2n) is 4.02. The molecule has 2 rings (SSSR count). The molecular formula is C12H13FN2O3. The van der Waals surface area contributed by atoms with Gasteiger partial charge in [0.25, 0.3) is 0 Å². The Balaban J connectivity index is 2.05. The van der Waals surface area contributed by atoms with Crippen molar-refractivity contribution >= 4 is 17.7 Å². The van der Waals surface area contributed by atoms with Crippen molar-refractivity contribution in [3.05, 3.63) is 30.1 Å². The Bertz CT molecular complexity index is 461. The van der Waals surface area contributed by atoms with Gasteiger partial charge in [-0.15, -0.1) is 0 Å². The number of methoxy groups -OCH3 is 1. The fourth-order valence-electron chi connectivity index (χ4n) is 1.90. The third-order valence-electron chi connectivity index (χ3n) is 2.77. The van der Waals surface area contributed by atoms with E-state index in [9.17, 15) is 14.0 Å². The summed E-state index contributed by atoms with van der Waals surface area (Å²) >= 11 is 0. The Morgan fingerprint density at radius 1 is 1.44 bits per heavy atom. The molecule has 2 amide bonds. The summed E-state index contributed by atoms with van der Waals surface area (Å²) in [4.78, 5) is 24.3. The minimum Gasteiger partial charge on any atom is -0.453 e. The Hall–Kier alpha value is -2.11. The summed E-state index contributed by atoms with van der Waals surface area (Å²) in [6, 6.07) is 5.38. The first kappa shape index (κ1) is 12.3. The number of halogens is 1. The molecule has 1 heterocycles. The summed E-state index contributed by atoms with van der Waals surface area (Å²) in [6.07, 6.45) is -0.347. The van der Waals surface area contributed by atoms with Crippen LogP contribution in [0.25, 0.3) is 0 Å². The first-order valence-electron chi connectivity index (χ1n) is 5.50. The van der Waals surface area contributed by atoms with Gasteiger partial charge in [0.15, 0.2) is 0 Å². The molecule has 0 aliphatic carbocycles. The van der Waals surface area contributed by atoms with Crippen LogP contribution in [-0.4, -0.2) is 31.7 Å². The smallest absolute Gasteiger partial charge is 0.407 e. The van der Waals surface area contributed by atoms with Gasteiger partial charge in [-0.05, 0) is 24.3 Å². The van der Waals surface area contributed by atoms with Gasteiger partial charge in [0.2, 0.25) is 5.91 Å². The number of carbonyl (C=O) groups excluding carboxylic acids is 2. The number of alkyl carbamates (subject to hydrolysis) is 1. The number of nitrogens with one attached hydrogen (secondary N) is 1. The first-order valence-corrected chi connectivity index (χ1v) is 5.50. The SMILES string of the molecule is COC(=O)N[C@H]1CC(=O)N(c2ccc(F)cc2)C1. The number of hydrogen-bond donors (Lipinski definition) is 1. The Morgan fingerprint density at radius 2 is 2.11 bits per heavy atom. The van der Waals surface area contributed by atoms with E-state index in [0.717, 1.165) is 0 Å². The zero-order valence-corrected chi connectivity index (χ0v) is 9.85. The second kappa shape index (κ2) is 5.03. The van der Waals surface area contributed by atoms with Gasteiger partial charge in [0.1, 0.15) is 5.82 Å². The molecule has 0 saturated carbocycles. The predicted octanol–water partition coefficient (Wildman–Crippen LogP) is 1.29. The summed E-state index contributed by atoms with van der Waals surface area (Å²) in [5.74, 6) is -0.461. The van der Waals surface area contributed by atoms with Crippen molar-refractivity contribution in [3.8, 4) is 0 Å². The number of nitrogens with zero attached hydrogens (tertiary/aromatic N) is 1. The van der Waals surface area contributed by atoms with Crippen molar-refractivity contribution in [1.82, 2.24) is 5.32 Å². The molecule has 0 unspecified atom stereocenters. The summed E-state index contributed by atoms with van der Waals surface area (Å²) < 4.78 is 17.3. The van der Waals surface area contributed by atoms with E-state index < -0.39 is 6.09 Å². The molecule has 0 bridgehead atoms. The number of benzene rings is 1. The quantitative estimate of drug-likeness (QED) is 0.862. The highest BCUT2D eigenvalue weighted by Crippen LogP contribution is 2.21. The third-order valence-corrected chi connectivity index (χ3v) is 2.77. The molecule has 1 N–H and O–H groups in total. The molecule has 1 aromatic carbocycles. The predicted molar refractivity (Wildman–Crippen MR) is 62.7 cm³/mol. The van der Waals surface area contributed by atoms with Crippen LogP contribution < -0.4 is 10.2 Å². The highest BCUT2D eigenvalue weighted by molar-refractivity contribution is 5.96. The molecule has 5 nitrogen and oxygen atoms in total. The van der Waals surface area contributed by atoms with Crippen molar-refractivity contribution in [3.63, 3.8) is 0 Å². The van der Waals surface area contributed by atoms with Crippen LogP contribution in [0.2, 0.25) is 0 Å². The highest BCUT2D eigenvalue weighted by Gasteiger charge is 2.31. The molecule has 1 fully saturated rings. The number of amides is 2. The molecular weight excluding hydrogens is 239 g/mol. The van der Waals surface area contributed by atoms with Crippen LogP contribution in [0, 0.1) is 5.82 Å². The van der Waals surface area contributed by atoms with Gasteiger partial charge >= 0.3 is 6.09 Å². The van der Waals surface area contributed by atoms with Crippen LogP contribution in [0.5, 0.6) is 0 Å². The summed E-state index contributed by atoms with van der Waals surface area (Å²) in [5.41, 5.74) is 0.621. The van der Waals surface area contributed by atoms with E-state index in [4.69, 9.17) is 0 Å². The maximum absolute atomic E-state index is 12.8. The molecule has 0 radical (unpaired) electrons. The molecule has 0 aromatic heterocycles. The lowest BCUT2D eigenvalue weighted by Crippen LogP contribution is -2.37. The van der Waals surface area contributed by atoms with Gasteiger partial charge in [0, 0.05) is 18.7 Å². The van der Waals surface area contributed by atoms with Crippen molar-refractivity contribution in [1.29, 1.82) is 0 Å². The fourth-order valence-corrected chi connectivity index (χ4v) is 1.90. The fraction of sp³-hybridized carbons (Fsp3) is 0.333. The molecule has 18 heavy (non-hydrogen) atoms. The highest BCUT2D eigenvalue weighted by atomic mass is 19.1. The first-order chi connectivity index (χ1) is 8.60. The van der Waals surface area contributed by atoms with E-state index in [2.05, 4.69) is 10.1 Å². The van der Waals surface area contributed by atoms with E-state index in [1.165, 1.54) is 36.3 Å². The lowest BCUT2D eigenvalue weighted by atomic mass is 10.3. The minimum absolute atomic E-state index is 0.108. The molecule has 0 spiro atoms. The van der Waals surface area contributed by atoms with Crippen LogP contribution in [0.4, 0.5) is 14.9 Å². The number of rotatable bonds is 2. The van der Waals surface area contributed by atoms with Crippen molar-refractivity contribution in [2.24, 2.45) is 0 Å². The van der Waals surface area contributed by atoms with Gasteiger partial charge in [0.05, 0.1) is 13.2 Å². The summed E-state index contributed by atoms with van der Waals surface area (Å²) in [6.45, 7) is 0.361. The standard InChI is InChI=1S/C12H13FN2O3/c1-18-12(17)14-9-6-11(16)15(7-9)10-4-2-8(13)3-5-10/h2-5,9H,6-7H2,1H3,(H,14,17)/t9-/m0/s1. The van der Waals surface area contributed by atoms with Gasteiger partial charge in [-0.3, -0.25) is 4.79 Å². The monoisotopic (exact) mass is 252 g/mol. The van der Waals surface area contributed by atoms with E-state index in [-0.39, 0.29) is 24.2 Å². The molecule has 1 aromatic rings. The zero-order valence-electron chi connectivity index (χ0n) is 9.85. The molecule has 1 saturated heterocycles. The van der Waals surface area contributed by atoms with Gasteiger partial charge in [-0.25, -0.2) is 9.18 Å². The van der Waals surface area contributed by atoms with Crippen LogP contribution in [0.3, 0.4) is 0 Å². The summed E-state index contributed by atoms with van der Waals surface area (Å²) in [5, 5.41) is 2.57. The topological polar surface area (TPSA) is 58.6 Å². The number of anilines is 1. The zero-order chi connectivity index (χ0) is 13.1. The lowest BCUT2D eigenvalue weighted by Gasteiger charge is -2.16. The van der Waals surface area contributed by atoms with Crippen molar-refractivity contribution < 1.29 is 18.7 Å². The maximum atomic E-state index is 12.8. The van der Waals surface area contributed by atoms with E-state index in [0.29, 0.717) is 12.2 Å². The largest absolute Gasteiger partial charge is 0.453 e. The average Bonchev–Trinajstić information content (AvgIpc) is 2.71. The number of ether oxygens (including phenoxy) is 1. The Labute approximate surface area is 104 Å². The molecule has 1 atom stereocenters. The number of carbonyl (C=O) groups is 2. The molecule has 1 aliphatic heterocycles. The molecule has 96 valence electrons. The van der Waals surface area contributed by atoms with E-state index in [1.807, 2.05) is 0 Å². The van der Waals surface area contributed by atoms with Crippen LogP contribution >= 0.6 is 0 Å². The third kappa shape index (κ3) is 2.58. The van der Waals surface area contributed by atoms with Crippen LogP contribution in [0.1, 0.15) is 6.42 Å². The summed E-state index contributed by atoms with van der Waals surface area (Å²) in [7, 11) is 1.27. The van der Waals surface area contributed by atoms with Crippen LogP contribution in [-0.2, 0) is 9.53 Å². The molecule has 6 heteroatoms. The Morgan fingerprint density at radius 3 is 2.72 bits per heavy atom. The van der Waals surface area contributed by atoms with Gasteiger partial charge in [-0.2, -0.15) is 0 Å². The second-order valence-corrected chi connectivity index (χ2v) is 4.02. The van der Waals surface area contributed by atoms with E-state index in [1.54, 1.807) is 0 Å². The van der Waals surface area contributed by atoms with Gasteiger partial charge < -0.3 is 15.0 Å². The minimum atomic E-state index is -0.561. The number of hydrogen-bond acceptors (Lipinski definition) is 3. The van der Waals surface area contributed by atoms with E-state index >= 15 is 0 Å². The maximum Gasteiger partial charge on any atom is 0.407 e. The average molecular weight is 252 g/mol. The van der Waals surface area contributed by atoms with Crippen molar-refractivity contribution in [2.75, 3.05) is 18.6 Å². The van der Waals surface area contributed by atoms with Crippen molar-refractivity contribution in [2.45, 2.75) is 12.5 Å². The molecule has 1 aliphatic rings. The lowest BCUT2D eigenvalue weighted by molar-refractivity contribution is -0.117. The van der Waals surface area contributed by atoms with Crippen LogP contribution in [0.15, 0.2) is 24.3 Å². The van der Waals surface area contributed by atoms with Gasteiger partial charge in [-0.1, -0.05) is 0 Å². The Kier molecular flexibility index (Phi) is 3.45. The normalized spacial score (nSPS) is 18.9.